The van der Waals surface area contributed by atoms with E-state index in [4.69, 9.17) is 9.16 Å². The van der Waals surface area contributed by atoms with Crippen molar-refractivity contribution < 1.29 is 9.16 Å². The first kappa shape index (κ1) is 18.2. The largest absolute Gasteiger partial charge is 0.410 e. The molecule has 134 valence electrons. The normalized spacial score (nSPS) is 20.5. The van der Waals surface area contributed by atoms with Gasteiger partial charge in [0.05, 0.1) is 12.7 Å². The predicted octanol–water partition coefficient (Wildman–Crippen LogP) is 4.70. The summed E-state index contributed by atoms with van der Waals surface area (Å²) < 4.78 is 12.4. The Morgan fingerprint density at radius 2 is 1.68 bits per heavy atom. The number of nitrogens with zero attached hydrogens (tertiary/aromatic N) is 1. The summed E-state index contributed by atoms with van der Waals surface area (Å²) in [6.45, 7) is 7.95. The number of benzene rings is 2. The van der Waals surface area contributed by atoms with Gasteiger partial charge in [0, 0.05) is 25.4 Å². The highest BCUT2D eigenvalue weighted by Crippen LogP contribution is 2.22. The smallest absolute Gasteiger partial charge is 0.187 e. The third kappa shape index (κ3) is 5.70. The highest BCUT2D eigenvalue weighted by atomic mass is 28.4. The van der Waals surface area contributed by atoms with E-state index < -0.39 is 8.32 Å². The van der Waals surface area contributed by atoms with Crippen molar-refractivity contribution in [1.82, 2.24) is 0 Å². The zero-order chi connectivity index (χ0) is 17.5. The van der Waals surface area contributed by atoms with Crippen LogP contribution in [0.3, 0.4) is 0 Å². The first-order chi connectivity index (χ1) is 12.1. The summed E-state index contributed by atoms with van der Waals surface area (Å²) in [6.07, 6.45) is 1.25. The molecule has 1 fully saturated rings. The Hall–Kier alpha value is -1.62. The molecular formula is C21H29NO2Si. The van der Waals surface area contributed by atoms with Crippen molar-refractivity contribution in [3.8, 4) is 0 Å². The van der Waals surface area contributed by atoms with Gasteiger partial charge in [-0.25, -0.2) is 0 Å². The fourth-order valence-electron chi connectivity index (χ4n) is 3.40. The molecule has 0 N–H and O–H groups in total. The maximum Gasteiger partial charge on any atom is 0.187 e. The quantitative estimate of drug-likeness (QED) is 0.726. The fraction of sp³-hybridized carbons (Fsp3) is 0.429. The van der Waals surface area contributed by atoms with Crippen LogP contribution < -0.4 is 4.90 Å². The Kier molecular flexibility index (Phi) is 6.29. The van der Waals surface area contributed by atoms with Gasteiger partial charge in [0.1, 0.15) is 0 Å². The highest BCUT2D eigenvalue weighted by Gasteiger charge is 2.29. The predicted molar refractivity (Wildman–Crippen MR) is 107 cm³/mol. The van der Waals surface area contributed by atoms with Gasteiger partial charge in [0.2, 0.25) is 0 Å². The van der Waals surface area contributed by atoms with Crippen molar-refractivity contribution in [3.05, 3.63) is 66.2 Å². The first-order valence-electron chi connectivity index (χ1n) is 9.22. The van der Waals surface area contributed by atoms with Crippen molar-refractivity contribution in [2.45, 2.75) is 38.2 Å². The summed E-state index contributed by atoms with van der Waals surface area (Å²) >= 11 is 0. The van der Waals surface area contributed by atoms with Crippen LogP contribution in [0, 0.1) is 0 Å². The number of hydrogen-bond acceptors (Lipinski definition) is 3. The summed E-state index contributed by atoms with van der Waals surface area (Å²) in [7, 11) is -1.60. The van der Waals surface area contributed by atoms with Crippen molar-refractivity contribution in [3.63, 3.8) is 0 Å². The number of anilines is 1. The second-order valence-corrected chi connectivity index (χ2v) is 11.6. The Bertz CT molecular complexity index is 633. The molecule has 1 atom stereocenters. The molecule has 1 heterocycles. The topological polar surface area (TPSA) is 21.7 Å². The van der Waals surface area contributed by atoms with Crippen molar-refractivity contribution in [1.29, 1.82) is 0 Å². The Morgan fingerprint density at radius 1 is 1.00 bits per heavy atom. The maximum absolute atomic E-state index is 6.54. The molecule has 0 aromatic heterocycles. The maximum atomic E-state index is 6.54. The molecule has 0 amide bonds. The van der Waals surface area contributed by atoms with Crippen LogP contribution in [0.25, 0.3) is 0 Å². The summed E-state index contributed by atoms with van der Waals surface area (Å²) in [4.78, 5) is 2.41. The monoisotopic (exact) mass is 355 g/mol. The summed E-state index contributed by atoms with van der Waals surface area (Å²) in [5, 5.41) is 0. The van der Waals surface area contributed by atoms with Crippen molar-refractivity contribution in [2.24, 2.45) is 0 Å². The molecule has 0 aliphatic carbocycles. The second kappa shape index (κ2) is 8.65. The van der Waals surface area contributed by atoms with E-state index in [2.05, 4.69) is 78.7 Å². The van der Waals surface area contributed by atoms with Gasteiger partial charge in [-0.3, -0.25) is 0 Å². The third-order valence-electron chi connectivity index (χ3n) is 4.62. The average Bonchev–Trinajstić information content (AvgIpc) is 2.60. The molecule has 1 aliphatic rings. The van der Waals surface area contributed by atoms with E-state index in [0.29, 0.717) is 6.61 Å². The number of para-hydroxylation sites is 1. The molecule has 3 nitrogen and oxygen atoms in total. The van der Waals surface area contributed by atoms with Crippen LogP contribution in [0.1, 0.15) is 12.0 Å². The molecule has 1 aliphatic heterocycles. The minimum atomic E-state index is -1.60. The molecule has 0 spiro atoms. The van der Waals surface area contributed by atoms with Crippen LogP contribution in [0.5, 0.6) is 0 Å². The fourth-order valence-corrected chi connectivity index (χ4v) is 5.56. The van der Waals surface area contributed by atoms with E-state index >= 15 is 0 Å². The Balaban J connectivity index is 1.76. The van der Waals surface area contributed by atoms with Crippen LogP contribution >= 0.6 is 0 Å². The molecule has 1 unspecified atom stereocenters. The Morgan fingerprint density at radius 3 is 2.40 bits per heavy atom. The van der Waals surface area contributed by atoms with E-state index in [1.807, 2.05) is 0 Å². The molecule has 25 heavy (non-hydrogen) atoms. The van der Waals surface area contributed by atoms with Gasteiger partial charge >= 0.3 is 0 Å². The average molecular weight is 356 g/mol. The minimum absolute atomic E-state index is 0.130. The molecule has 2 aromatic carbocycles. The molecular weight excluding hydrogens is 326 g/mol. The molecule has 1 saturated heterocycles. The van der Waals surface area contributed by atoms with Crippen LogP contribution in [0.4, 0.5) is 5.69 Å². The lowest BCUT2D eigenvalue weighted by Crippen LogP contribution is -2.45. The first-order valence-corrected chi connectivity index (χ1v) is 12.3. The third-order valence-corrected chi connectivity index (χ3v) is 7.15. The summed E-state index contributed by atoms with van der Waals surface area (Å²) in [5.41, 5.74) is 2.55. The zero-order valence-corrected chi connectivity index (χ0v) is 16.4. The van der Waals surface area contributed by atoms with Crippen molar-refractivity contribution >= 4 is 14.0 Å². The van der Waals surface area contributed by atoms with E-state index in [-0.39, 0.29) is 6.10 Å². The standard InChI is InChI=1S/C21H29NO2Si/c1-25(2)15-9-14-23-18-21(24-25)17-22(20-12-7-4-8-13-20)16-19-10-5-3-6-11-19/h3-8,10-13,21H,9,14-18H2,1-2H3. The van der Waals surface area contributed by atoms with E-state index in [1.54, 1.807) is 0 Å². The zero-order valence-electron chi connectivity index (χ0n) is 15.4. The molecule has 0 radical (unpaired) electrons. The van der Waals surface area contributed by atoms with E-state index in [1.165, 1.54) is 17.3 Å². The van der Waals surface area contributed by atoms with Crippen molar-refractivity contribution in [2.75, 3.05) is 24.7 Å². The lowest BCUT2D eigenvalue weighted by atomic mass is 10.2. The Labute approximate surface area is 152 Å². The van der Waals surface area contributed by atoms with Crippen LogP contribution in [-0.2, 0) is 15.7 Å². The van der Waals surface area contributed by atoms with Crippen LogP contribution in [-0.4, -0.2) is 34.2 Å². The minimum Gasteiger partial charge on any atom is -0.410 e. The molecule has 3 rings (SSSR count). The molecule has 0 saturated carbocycles. The molecule has 2 aromatic rings. The van der Waals surface area contributed by atoms with Crippen LogP contribution in [0.15, 0.2) is 60.7 Å². The van der Waals surface area contributed by atoms with E-state index in [0.717, 1.165) is 26.1 Å². The second-order valence-electron chi connectivity index (χ2n) is 7.38. The molecule has 0 bridgehead atoms. The highest BCUT2D eigenvalue weighted by molar-refractivity contribution is 6.71. The SMILES string of the molecule is C[Si]1(C)CCCOCC(CN(Cc2ccccc2)c2ccccc2)O1. The van der Waals surface area contributed by atoms with E-state index in [9.17, 15) is 0 Å². The lowest BCUT2D eigenvalue weighted by Gasteiger charge is -2.35. The lowest BCUT2D eigenvalue weighted by molar-refractivity contribution is 0.0388. The van der Waals surface area contributed by atoms with Crippen LogP contribution in [0.2, 0.25) is 19.1 Å². The van der Waals surface area contributed by atoms with Gasteiger partial charge in [-0.05, 0) is 43.3 Å². The summed E-state index contributed by atoms with van der Waals surface area (Å²) in [5.74, 6) is 0. The number of hydrogen-bond donors (Lipinski definition) is 0. The summed E-state index contributed by atoms with van der Waals surface area (Å²) in [6, 6.07) is 22.4. The van der Waals surface area contributed by atoms with Gasteiger partial charge < -0.3 is 14.1 Å². The molecule has 4 heteroatoms. The van der Waals surface area contributed by atoms with Gasteiger partial charge in [-0.1, -0.05) is 48.5 Å². The van der Waals surface area contributed by atoms with Gasteiger partial charge in [0.25, 0.3) is 0 Å². The number of ether oxygens (including phenoxy) is 1. The number of rotatable bonds is 5. The van der Waals surface area contributed by atoms with Gasteiger partial charge in [0.15, 0.2) is 8.32 Å². The van der Waals surface area contributed by atoms with Gasteiger partial charge in [-0.2, -0.15) is 0 Å². The van der Waals surface area contributed by atoms with Gasteiger partial charge in [-0.15, -0.1) is 0 Å².